The minimum absolute atomic E-state index is 0.00317. The number of nitrogens with one attached hydrogen (secondary N) is 3. The minimum atomic E-state index is -1.12. The van der Waals surface area contributed by atoms with Crippen molar-refractivity contribution in [2.24, 2.45) is 0 Å². The first-order valence-electron chi connectivity index (χ1n) is 7.77. The van der Waals surface area contributed by atoms with Crippen molar-refractivity contribution < 1.29 is 18.8 Å². The van der Waals surface area contributed by atoms with Gasteiger partial charge in [-0.05, 0) is 39.3 Å². The summed E-state index contributed by atoms with van der Waals surface area (Å²) in [6, 6.07) is 13.0. The lowest BCUT2D eigenvalue weighted by molar-refractivity contribution is 0.121. The number of benzene rings is 2. The van der Waals surface area contributed by atoms with Gasteiger partial charge in [0.25, 0.3) is 0 Å². The standard InChI is InChI=1S/C17H16FN3O3.CH3I/c1-19-16(22)20-10-6-7-13-11-4-2-3-5-12(11)15(14(13)8-10)9-24-17(23)21-18;1-2/h2-8,15H,9H2,1H3,(H,21,23)(H2,19,20,22);1H3. The number of ether oxygens (including phenoxy) is 1. The van der Waals surface area contributed by atoms with E-state index >= 15 is 0 Å². The van der Waals surface area contributed by atoms with E-state index in [1.165, 1.54) is 7.05 Å². The van der Waals surface area contributed by atoms with Gasteiger partial charge in [-0.2, -0.15) is 5.54 Å². The van der Waals surface area contributed by atoms with Gasteiger partial charge in [-0.1, -0.05) is 57.4 Å². The highest BCUT2D eigenvalue weighted by Crippen LogP contribution is 2.45. The van der Waals surface area contributed by atoms with Gasteiger partial charge in [0.15, 0.2) is 0 Å². The van der Waals surface area contributed by atoms with Gasteiger partial charge in [0.2, 0.25) is 0 Å². The summed E-state index contributed by atoms with van der Waals surface area (Å²) in [7, 11) is 1.53. The van der Waals surface area contributed by atoms with Gasteiger partial charge in [-0.15, -0.1) is 0 Å². The molecule has 3 N–H and O–H groups in total. The van der Waals surface area contributed by atoms with Crippen LogP contribution in [0.4, 0.5) is 19.8 Å². The van der Waals surface area contributed by atoms with E-state index < -0.39 is 6.09 Å². The lowest BCUT2D eigenvalue weighted by Gasteiger charge is -2.14. The van der Waals surface area contributed by atoms with E-state index in [-0.39, 0.29) is 18.6 Å². The smallest absolute Gasteiger partial charge is 0.435 e. The summed E-state index contributed by atoms with van der Waals surface area (Å²) < 4.78 is 17.0. The Morgan fingerprint density at radius 2 is 1.81 bits per heavy atom. The van der Waals surface area contributed by atoms with Crippen LogP contribution in [0.5, 0.6) is 0 Å². The molecule has 0 bridgehead atoms. The second-order valence-corrected chi connectivity index (χ2v) is 5.34. The van der Waals surface area contributed by atoms with Crippen molar-refractivity contribution >= 4 is 40.4 Å². The number of anilines is 1. The molecular formula is C18H19FIN3O3. The summed E-state index contributed by atoms with van der Waals surface area (Å²) in [6.07, 6.45) is -1.12. The number of carbonyl (C=O) groups excluding carboxylic acids is 2. The van der Waals surface area contributed by atoms with Crippen LogP contribution in [0.15, 0.2) is 42.5 Å². The highest BCUT2D eigenvalue weighted by atomic mass is 127. The van der Waals surface area contributed by atoms with Crippen LogP contribution in [0.2, 0.25) is 0 Å². The van der Waals surface area contributed by atoms with E-state index in [4.69, 9.17) is 4.74 Å². The molecule has 0 radical (unpaired) electrons. The summed E-state index contributed by atoms with van der Waals surface area (Å²) in [6.45, 7) is 0.00317. The molecule has 3 rings (SSSR count). The number of alkyl halides is 1. The van der Waals surface area contributed by atoms with Crippen LogP contribution in [0.3, 0.4) is 0 Å². The van der Waals surface area contributed by atoms with Crippen molar-refractivity contribution in [3.63, 3.8) is 0 Å². The van der Waals surface area contributed by atoms with Crippen LogP contribution >= 0.6 is 22.6 Å². The first-order valence-corrected chi connectivity index (χ1v) is 9.93. The van der Waals surface area contributed by atoms with Gasteiger partial charge in [-0.25, -0.2) is 9.59 Å². The summed E-state index contributed by atoms with van der Waals surface area (Å²) in [5.74, 6) is -0.222. The highest BCUT2D eigenvalue weighted by molar-refractivity contribution is 14.1. The average Bonchev–Trinajstić information content (AvgIpc) is 3.00. The van der Waals surface area contributed by atoms with Gasteiger partial charge < -0.3 is 15.4 Å². The molecule has 8 heteroatoms. The number of halogens is 2. The zero-order chi connectivity index (χ0) is 19.1. The Labute approximate surface area is 164 Å². The molecule has 1 aliphatic rings. The second-order valence-electron chi connectivity index (χ2n) is 5.34. The van der Waals surface area contributed by atoms with Crippen LogP contribution in [0.1, 0.15) is 17.0 Å². The Morgan fingerprint density at radius 3 is 2.50 bits per heavy atom. The van der Waals surface area contributed by atoms with Crippen LogP contribution in [-0.4, -0.2) is 30.7 Å². The molecule has 0 heterocycles. The average molecular weight is 471 g/mol. The maximum Gasteiger partial charge on any atom is 0.435 e. The molecule has 26 heavy (non-hydrogen) atoms. The summed E-state index contributed by atoms with van der Waals surface area (Å²) in [5.41, 5.74) is 5.53. The van der Waals surface area contributed by atoms with E-state index in [0.717, 1.165) is 27.8 Å². The Hall–Kier alpha value is -2.36. The minimum Gasteiger partial charge on any atom is -0.447 e. The van der Waals surface area contributed by atoms with Crippen molar-refractivity contribution in [3.8, 4) is 11.1 Å². The Balaban J connectivity index is 0.00000117. The molecule has 1 aliphatic carbocycles. The lowest BCUT2D eigenvalue weighted by atomic mass is 9.97. The topological polar surface area (TPSA) is 79.5 Å². The van der Waals surface area contributed by atoms with Crippen LogP contribution < -0.4 is 16.2 Å². The fourth-order valence-electron chi connectivity index (χ4n) is 2.95. The predicted molar refractivity (Wildman–Crippen MR) is 107 cm³/mol. The molecule has 138 valence electrons. The van der Waals surface area contributed by atoms with Gasteiger partial charge in [0.1, 0.15) is 6.61 Å². The number of hydrogen-bond donors (Lipinski definition) is 3. The largest absolute Gasteiger partial charge is 0.447 e. The van der Waals surface area contributed by atoms with E-state index in [2.05, 4.69) is 33.2 Å². The molecule has 6 nitrogen and oxygen atoms in total. The van der Waals surface area contributed by atoms with E-state index in [1.807, 2.05) is 47.4 Å². The Kier molecular flexibility index (Phi) is 7.19. The van der Waals surface area contributed by atoms with Crippen molar-refractivity contribution in [2.75, 3.05) is 23.9 Å². The third kappa shape index (κ3) is 4.24. The van der Waals surface area contributed by atoms with Crippen LogP contribution in [0, 0.1) is 0 Å². The van der Waals surface area contributed by atoms with Crippen molar-refractivity contribution in [1.29, 1.82) is 0 Å². The molecule has 1 unspecified atom stereocenters. The molecule has 2 aromatic rings. The van der Waals surface area contributed by atoms with E-state index in [1.54, 1.807) is 0 Å². The molecule has 0 aromatic heterocycles. The summed E-state index contributed by atoms with van der Waals surface area (Å²) in [4.78, 5) is 24.5. The van der Waals surface area contributed by atoms with Crippen molar-refractivity contribution in [2.45, 2.75) is 5.92 Å². The second kappa shape index (κ2) is 9.37. The third-order valence-corrected chi connectivity index (χ3v) is 4.00. The molecule has 0 spiro atoms. The molecular weight excluding hydrogens is 452 g/mol. The fraction of sp³-hybridized carbons (Fsp3) is 0.222. The van der Waals surface area contributed by atoms with Crippen LogP contribution in [-0.2, 0) is 4.74 Å². The molecule has 3 amide bonds. The number of hydrogen-bond acceptors (Lipinski definition) is 3. The Bertz CT molecular complexity index is 801. The highest BCUT2D eigenvalue weighted by Gasteiger charge is 2.29. The molecule has 0 fully saturated rings. The number of urea groups is 1. The normalized spacial score (nSPS) is 13.5. The van der Waals surface area contributed by atoms with Crippen molar-refractivity contribution in [1.82, 2.24) is 10.9 Å². The SMILES string of the molecule is CI.CNC(=O)Nc1ccc2c(c1)C(COC(=O)NF)c1ccccc1-2. The fourth-order valence-corrected chi connectivity index (χ4v) is 2.95. The molecule has 2 aromatic carbocycles. The predicted octanol–water partition coefficient (Wildman–Crippen LogP) is 4.21. The number of amides is 3. The maximum absolute atomic E-state index is 12.1. The molecule has 0 aliphatic heterocycles. The molecule has 1 atom stereocenters. The van der Waals surface area contributed by atoms with Gasteiger partial charge in [0, 0.05) is 18.7 Å². The summed E-state index contributed by atoms with van der Waals surface area (Å²) in [5, 5.41) is 5.20. The van der Waals surface area contributed by atoms with Crippen LogP contribution in [0.25, 0.3) is 11.1 Å². The first kappa shape index (κ1) is 20.0. The number of fused-ring (bicyclic) bond motifs is 3. The van der Waals surface area contributed by atoms with Crippen molar-refractivity contribution in [3.05, 3.63) is 53.6 Å². The van der Waals surface area contributed by atoms with Gasteiger partial charge in [0.05, 0.1) is 0 Å². The molecule has 0 saturated heterocycles. The van der Waals surface area contributed by atoms with E-state index in [9.17, 15) is 14.1 Å². The Morgan fingerprint density at radius 1 is 1.12 bits per heavy atom. The zero-order valence-electron chi connectivity index (χ0n) is 14.3. The maximum atomic E-state index is 12.1. The van der Waals surface area contributed by atoms with Gasteiger partial charge in [-0.3, -0.25) is 0 Å². The lowest BCUT2D eigenvalue weighted by Crippen LogP contribution is -2.24. The van der Waals surface area contributed by atoms with Gasteiger partial charge >= 0.3 is 12.1 Å². The number of carbonyl (C=O) groups is 2. The van der Waals surface area contributed by atoms with E-state index in [0.29, 0.717) is 5.69 Å². The monoisotopic (exact) mass is 471 g/mol. The zero-order valence-corrected chi connectivity index (χ0v) is 16.5. The number of rotatable bonds is 3. The molecule has 0 saturated carbocycles. The quantitative estimate of drug-likeness (QED) is 0.357. The summed E-state index contributed by atoms with van der Waals surface area (Å²) >= 11 is 2.15. The first-order chi connectivity index (χ1) is 12.6. The third-order valence-electron chi connectivity index (χ3n) is 4.00.